The van der Waals surface area contributed by atoms with Crippen LogP contribution in [0, 0.1) is 0 Å². The Bertz CT molecular complexity index is 396. The Balaban J connectivity index is 2.51. The summed E-state index contributed by atoms with van der Waals surface area (Å²) in [7, 11) is 3.25. The van der Waals surface area contributed by atoms with E-state index in [1.54, 1.807) is 20.5 Å². The zero-order valence-corrected chi connectivity index (χ0v) is 9.11. The Kier molecular flexibility index (Phi) is 2.54. The second-order valence-corrected chi connectivity index (χ2v) is 3.48. The van der Waals surface area contributed by atoms with Crippen LogP contribution in [-0.2, 0) is 0 Å². The fourth-order valence-corrected chi connectivity index (χ4v) is 1.67. The molecule has 3 heteroatoms. The molecule has 0 spiro atoms. The minimum absolute atomic E-state index is 0.341. The molecule has 1 atom stereocenters. The van der Waals surface area contributed by atoms with E-state index in [9.17, 15) is 0 Å². The molecule has 0 N–H and O–H groups in total. The van der Waals surface area contributed by atoms with Crippen LogP contribution in [0.1, 0.15) is 18.4 Å². The van der Waals surface area contributed by atoms with Gasteiger partial charge in [0.05, 0.1) is 20.5 Å². The van der Waals surface area contributed by atoms with Gasteiger partial charge in [-0.1, -0.05) is 6.92 Å². The molecule has 0 bridgehead atoms. The molecule has 1 heterocycles. The molecule has 1 aliphatic heterocycles. The number of ether oxygens (including phenoxy) is 3. The number of fused-ring (bicyclic) bond motifs is 1. The molecule has 2 rings (SSSR count). The van der Waals surface area contributed by atoms with Crippen LogP contribution in [0.25, 0.3) is 0 Å². The normalized spacial score (nSPS) is 17.9. The Labute approximate surface area is 89.3 Å². The van der Waals surface area contributed by atoms with Gasteiger partial charge in [0.15, 0.2) is 11.5 Å². The molecular weight excluding hydrogens is 192 g/mol. The lowest BCUT2D eigenvalue weighted by Gasteiger charge is -2.19. The molecule has 0 radical (unpaired) electrons. The van der Waals surface area contributed by atoms with Crippen molar-refractivity contribution < 1.29 is 14.2 Å². The highest BCUT2D eigenvalue weighted by atomic mass is 16.5. The SMILES string of the molecule is COc1cc2c(cc1OC)C(C)C=CO2. The van der Waals surface area contributed by atoms with Crippen molar-refractivity contribution in [3.8, 4) is 17.2 Å². The zero-order valence-electron chi connectivity index (χ0n) is 9.11. The van der Waals surface area contributed by atoms with Crippen LogP contribution in [0.15, 0.2) is 24.5 Å². The molecule has 80 valence electrons. The standard InChI is InChI=1S/C12H14O3/c1-8-4-5-15-10-7-12(14-3)11(13-2)6-9(8)10/h4-8H,1-3H3. The lowest BCUT2D eigenvalue weighted by Crippen LogP contribution is -2.02. The van der Waals surface area contributed by atoms with Gasteiger partial charge in [0, 0.05) is 17.5 Å². The molecule has 0 saturated carbocycles. The van der Waals surface area contributed by atoms with E-state index in [-0.39, 0.29) is 0 Å². The third-order valence-electron chi connectivity index (χ3n) is 2.57. The third-order valence-corrected chi connectivity index (χ3v) is 2.57. The van der Waals surface area contributed by atoms with Gasteiger partial charge in [-0.05, 0) is 12.1 Å². The first-order valence-electron chi connectivity index (χ1n) is 4.85. The maximum Gasteiger partial charge on any atom is 0.164 e. The van der Waals surface area contributed by atoms with E-state index in [1.165, 1.54) is 0 Å². The van der Waals surface area contributed by atoms with Gasteiger partial charge in [-0.2, -0.15) is 0 Å². The maximum atomic E-state index is 5.42. The maximum absolute atomic E-state index is 5.42. The fraction of sp³-hybridized carbons (Fsp3) is 0.333. The van der Waals surface area contributed by atoms with Gasteiger partial charge in [0.2, 0.25) is 0 Å². The van der Waals surface area contributed by atoms with E-state index < -0.39 is 0 Å². The zero-order chi connectivity index (χ0) is 10.8. The predicted molar refractivity (Wildman–Crippen MR) is 57.7 cm³/mol. The summed E-state index contributed by atoms with van der Waals surface area (Å²) in [5, 5.41) is 0. The minimum atomic E-state index is 0.341. The number of benzene rings is 1. The van der Waals surface area contributed by atoms with Crippen molar-refractivity contribution >= 4 is 0 Å². The average molecular weight is 206 g/mol. The van der Waals surface area contributed by atoms with Crippen LogP contribution < -0.4 is 14.2 Å². The molecule has 1 aliphatic rings. The number of hydrogen-bond acceptors (Lipinski definition) is 3. The van der Waals surface area contributed by atoms with Crippen LogP contribution >= 0.6 is 0 Å². The number of methoxy groups -OCH3 is 2. The molecule has 0 aliphatic carbocycles. The topological polar surface area (TPSA) is 27.7 Å². The molecule has 0 saturated heterocycles. The predicted octanol–water partition coefficient (Wildman–Crippen LogP) is 2.71. The first kappa shape index (κ1) is 9.90. The van der Waals surface area contributed by atoms with Crippen molar-refractivity contribution in [2.75, 3.05) is 14.2 Å². The molecule has 15 heavy (non-hydrogen) atoms. The second kappa shape index (κ2) is 3.85. The molecule has 1 aromatic carbocycles. The van der Waals surface area contributed by atoms with E-state index in [4.69, 9.17) is 14.2 Å². The number of allylic oxidation sites excluding steroid dienone is 1. The summed E-state index contributed by atoms with van der Waals surface area (Å²) in [6.07, 6.45) is 3.72. The highest BCUT2D eigenvalue weighted by Gasteiger charge is 2.17. The molecule has 0 fully saturated rings. The summed E-state index contributed by atoms with van der Waals surface area (Å²) in [5.74, 6) is 2.61. The summed E-state index contributed by atoms with van der Waals surface area (Å²) in [6, 6.07) is 3.82. The monoisotopic (exact) mass is 206 g/mol. The Hall–Kier alpha value is -1.64. The second-order valence-electron chi connectivity index (χ2n) is 3.48. The average Bonchev–Trinajstić information content (AvgIpc) is 2.28. The van der Waals surface area contributed by atoms with Crippen molar-refractivity contribution in [2.45, 2.75) is 12.8 Å². The van der Waals surface area contributed by atoms with Crippen molar-refractivity contribution in [1.29, 1.82) is 0 Å². The van der Waals surface area contributed by atoms with Gasteiger partial charge in [0.25, 0.3) is 0 Å². The Morgan fingerprint density at radius 2 is 1.80 bits per heavy atom. The van der Waals surface area contributed by atoms with Gasteiger partial charge in [0.1, 0.15) is 5.75 Å². The molecule has 0 aromatic heterocycles. The lowest BCUT2D eigenvalue weighted by atomic mass is 9.98. The number of hydrogen-bond donors (Lipinski definition) is 0. The fourth-order valence-electron chi connectivity index (χ4n) is 1.67. The summed E-state index contributed by atoms with van der Waals surface area (Å²) in [4.78, 5) is 0. The summed E-state index contributed by atoms with van der Waals surface area (Å²) < 4.78 is 15.9. The summed E-state index contributed by atoms with van der Waals surface area (Å²) in [5.41, 5.74) is 1.12. The van der Waals surface area contributed by atoms with Crippen molar-refractivity contribution in [3.05, 3.63) is 30.0 Å². The summed E-state index contributed by atoms with van der Waals surface area (Å²) >= 11 is 0. The van der Waals surface area contributed by atoms with E-state index in [1.807, 2.05) is 18.2 Å². The Morgan fingerprint density at radius 1 is 1.13 bits per heavy atom. The molecular formula is C12H14O3. The highest BCUT2D eigenvalue weighted by Crippen LogP contribution is 2.40. The smallest absolute Gasteiger partial charge is 0.164 e. The first-order valence-corrected chi connectivity index (χ1v) is 4.85. The number of rotatable bonds is 2. The molecule has 3 nitrogen and oxygen atoms in total. The van der Waals surface area contributed by atoms with Gasteiger partial charge >= 0.3 is 0 Å². The van der Waals surface area contributed by atoms with Crippen molar-refractivity contribution in [3.63, 3.8) is 0 Å². The quantitative estimate of drug-likeness (QED) is 0.744. The van der Waals surface area contributed by atoms with Crippen LogP contribution in [0.3, 0.4) is 0 Å². The van der Waals surface area contributed by atoms with Crippen LogP contribution in [-0.4, -0.2) is 14.2 Å². The molecule has 0 amide bonds. The minimum Gasteiger partial charge on any atom is -0.493 e. The lowest BCUT2D eigenvalue weighted by molar-refractivity contribution is 0.350. The summed E-state index contributed by atoms with van der Waals surface area (Å²) in [6.45, 7) is 2.11. The van der Waals surface area contributed by atoms with Gasteiger partial charge in [-0.3, -0.25) is 0 Å². The van der Waals surface area contributed by atoms with E-state index in [2.05, 4.69) is 6.92 Å². The van der Waals surface area contributed by atoms with Gasteiger partial charge in [-0.15, -0.1) is 0 Å². The van der Waals surface area contributed by atoms with Gasteiger partial charge in [-0.25, -0.2) is 0 Å². The highest BCUT2D eigenvalue weighted by molar-refractivity contribution is 5.53. The van der Waals surface area contributed by atoms with E-state index >= 15 is 0 Å². The van der Waals surface area contributed by atoms with Crippen LogP contribution in [0.5, 0.6) is 17.2 Å². The Morgan fingerprint density at radius 3 is 2.47 bits per heavy atom. The molecule has 1 aromatic rings. The van der Waals surface area contributed by atoms with Gasteiger partial charge < -0.3 is 14.2 Å². The van der Waals surface area contributed by atoms with Crippen LogP contribution in [0.2, 0.25) is 0 Å². The van der Waals surface area contributed by atoms with Crippen molar-refractivity contribution in [2.24, 2.45) is 0 Å². The van der Waals surface area contributed by atoms with Crippen LogP contribution in [0.4, 0.5) is 0 Å². The first-order chi connectivity index (χ1) is 7.26. The third kappa shape index (κ3) is 1.65. The van der Waals surface area contributed by atoms with E-state index in [0.29, 0.717) is 11.7 Å². The molecule has 1 unspecified atom stereocenters. The largest absolute Gasteiger partial charge is 0.493 e. The van der Waals surface area contributed by atoms with Crippen molar-refractivity contribution in [1.82, 2.24) is 0 Å². The van der Waals surface area contributed by atoms with E-state index in [0.717, 1.165) is 17.1 Å².